The molecule has 0 fully saturated rings. The number of ether oxygens (including phenoxy) is 2. The molecule has 0 saturated carbocycles. The third-order valence-corrected chi connectivity index (χ3v) is 3.41. The van der Waals surface area contributed by atoms with Gasteiger partial charge in [-0.15, -0.1) is 0 Å². The molecule has 2 amide bonds. The SMILES string of the molecule is COCC[C@H](CO)NC(=O)Nc1c(F)cccc1Oc1ccccc1. The number of amides is 2. The van der Waals surface area contributed by atoms with Crippen molar-refractivity contribution in [2.45, 2.75) is 12.5 Å². The Labute approximate surface area is 145 Å². The smallest absolute Gasteiger partial charge is 0.319 e. The van der Waals surface area contributed by atoms with Crippen molar-refractivity contribution in [1.82, 2.24) is 5.32 Å². The van der Waals surface area contributed by atoms with Crippen LogP contribution in [0.15, 0.2) is 48.5 Å². The molecule has 1 atom stereocenters. The topological polar surface area (TPSA) is 79.8 Å². The minimum Gasteiger partial charge on any atom is -0.455 e. The lowest BCUT2D eigenvalue weighted by Crippen LogP contribution is -2.41. The maximum Gasteiger partial charge on any atom is 0.319 e. The van der Waals surface area contributed by atoms with Crippen molar-refractivity contribution in [2.75, 3.05) is 25.6 Å². The number of para-hydroxylation sites is 2. The molecule has 25 heavy (non-hydrogen) atoms. The fourth-order valence-corrected chi connectivity index (χ4v) is 2.13. The number of carbonyl (C=O) groups excluding carboxylic acids is 1. The van der Waals surface area contributed by atoms with Crippen LogP contribution in [0.3, 0.4) is 0 Å². The molecular weight excluding hydrogens is 327 g/mol. The van der Waals surface area contributed by atoms with Crippen molar-refractivity contribution in [3.05, 3.63) is 54.3 Å². The van der Waals surface area contributed by atoms with Gasteiger partial charge in [-0.2, -0.15) is 0 Å². The van der Waals surface area contributed by atoms with Crippen molar-refractivity contribution < 1.29 is 23.8 Å². The number of hydrogen-bond donors (Lipinski definition) is 3. The predicted molar refractivity (Wildman–Crippen MR) is 92.4 cm³/mol. The van der Waals surface area contributed by atoms with E-state index in [2.05, 4.69) is 10.6 Å². The monoisotopic (exact) mass is 348 g/mol. The van der Waals surface area contributed by atoms with Gasteiger partial charge >= 0.3 is 6.03 Å². The van der Waals surface area contributed by atoms with Crippen LogP contribution in [-0.2, 0) is 4.74 Å². The summed E-state index contributed by atoms with van der Waals surface area (Å²) in [5, 5.41) is 14.3. The highest BCUT2D eigenvalue weighted by atomic mass is 19.1. The normalized spacial score (nSPS) is 11.6. The lowest BCUT2D eigenvalue weighted by molar-refractivity contribution is 0.161. The number of aliphatic hydroxyl groups is 1. The van der Waals surface area contributed by atoms with Gasteiger partial charge in [-0.05, 0) is 30.7 Å². The molecule has 0 saturated heterocycles. The first-order valence-corrected chi connectivity index (χ1v) is 7.82. The molecule has 134 valence electrons. The summed E-state index contributed by atoms with van der Waals surface area (Å²) in [7, 11) is 1.53. The molecule has 0 radical (unpaired) electrons. The molecule has 0 aliphatic heterocycles. The van der Waals surface area contributed by atoms with Gasteiger partial charge in [0.25, 0.3) is 0 Å². The van der Waals surface area contributed by atoms with Crippen LogP contribution in [0.1, 0.15) is 6.42 Å². The van der Waals surface area contributed by atoms with Gasteiger partial charge in [-0.3, -0.25) is 0 Å². The zero-order valence-corrected chi connectivity index (χ0v) is 13.9. The third kappa shape index (κ3) is 5.74. The number of aliphatic hydroxyl groups excluding tert-OH is 1. The lowest BCUT2D eigenvalue weighted by Gasteiger charge is -2.18. The van der Waals surface area contributed by atoms with Gasteiger partial charge in [0.05, 0.1) is 12.6 Å². The number of nitrogens with one attached hydrogen (secondary N) is 2. The number of anilines is 1. The summed E-state index contributed by atoms with van der Waals surface area (Å²) in [4.78, 5) is 12.1. The highest BCUT2D eigenvalue weighted by molar-refractivity contribution is 5.91. The van der Waals surface area contributed by atoms with Gasteiger partial charge in [0, 0.05) is 13.7 Å². The van der Waals surface area contributed by atoms with Gasteiger partial charge in [0.2, 0.25) is 0 Å². The summed E-state index contributed by atoms with van der Waals surface area (Å²) in [6.45, 7) is 0.134. The van der Waals surface area contributed by atoms with E-state index in [1.165, 1.54) is 19.2 Å². The highest BCUT2D eigenvalue weighted by Crippen LogP contribution is 2.31. The fraction of sp³-hybridized carbons (Fsp3) is 0.278. The summed E-state index contributed by atoms with van der Waals surface area (Å²) in [5.41, 5.74) is -0.0766. The third-order valence-electron chi connectivity index (χ3n) is 3.41. The molecule has 2 aromatic rings. The zero-order valence-electron chi connectivity index (χ0n) is 13.9. The van der Waals surface area contributed by atoms with Crippen LogP contribution >= 0.6 is 0 Å². The maximum atomic E-state index is 14.1. The number of hydrogen-bond acceptors (Lipinski definition) is 4. The second kappa shape index (κ2) is 9.61. The minimum atomic E-state index is -0.641. The molecule has 0 heterocycles. The molecule has 0 bridgehead atoms. The van der Waals surface area contributed by atoms with E-state index < -0.39 is 17.9 Å². The first kappa shape index (κ1) is 18.7. The first-order valence-electron chi connectivity index (χ1n) is 7.82. The highest BCUT2D eigenvalue weighted by Gasteiger charge is 2.16. The molecule has 7 heteroatoms. The Hall–Kier alpha value is -2.64. The number of urea groups is 1. The lowest BCUT2D eigenvalue weighted by atomic mass is 10.2. The van der Waals surface area contributed by atoms with Crippen LogP contribution in [0.5, 0.6) is 11.5 Å². The van der Waals surface area contributed by atoms with E-state index in [1.54, 1.807) is 30.3 Å². The van der Waals surface area contributed by atoms with Crippen LogP contribution in [0, 0.1) is 5.82 Å². The molecule has 0 aromatic heterocycles. The van der Waals surface area contributed by atoms with E-state index in [-0.39, 0.29) is 18.0 Å². The quantitative estimate of drug-likeness (QED) is 0.685. The first-order chi connectivity index (χ1) is 12.1. The van der Waals surface area contributed by atoms with Crippen LogP contribution < -0.4 is 15.4 Å². The summed E-state index contributed by atoms with van der Waals surface area (Å²) < 4.78 is 24.7. The Balaban J connectivity index is 2.09. The number of halogens is 1. The maximum absolute atomic E-state index is 14.1. The summed E-state index contributed by atoms with van der Waals surface area (Å²) in [6, 6.07) is 12.0. The summed E-state index contributed by atoms with van der Waals surface area (Å²) in [5.74, 6) is 0.0738. The summed E-state index contributed by atoms with van der Waals surface area (Å²) in [6.07, 6.45) is 0.436. The second-order valence-electron chi connectivity index (χ2n) is 5.29. The van der Waals surface area contributed by atoms with Gasteiger partial charge in [-0.1, -0.05) is 24.3 Å². The largest absolute Gasteiger partial charge is 0.455 e. The van der Waals surface area contributed by atoms with Crippen molar-refractivity contribution in [2.24, 2.45) is 0 Å². The molecule has 3 N–H and O–H groups in total. The van der Waals surface area contributed by atoms with Gasteiger partial charge < -0.3 is 25.2 Å². The average molecular weight is 348 g/mol. The van der Waals surface area contributed by atoms with Gasteiger partial charge in [0.15, 0.2) is 11.6 Å². The number of methoxy groups -OCH3 is 1. The standard InChI is InChI=1S/C18H21FN2O4/c1-24-11-10-13(12-22)20-18(23)21-17-15(19)8-5-9-16(17)25-14-6-3-2-4-7-14/h2-9,13,22H,10-12H2,1H3,(H2,20,21,23)/t13-/m1/s1. The number of benzene rings is 2. The van der Waals surface area contributed by atoms with Crippen LogP contribution in [0.4, 0.5) is 14.9 Å². The Morgan fingerprint density at radius 2 is 1.96 bits per heavy atom. The van der Waals surface area contributed by atoms with E-state index in [1.807, 2.05) is 6.07 Å². The van der Waals surface area contributed by atoms with Crippen LogP contribution in [0.25, 0.3) is 0 Å². The fourth-order valence-electron chi connectivity index (χ4n) is 2.13. The molecule has 2 rings (SSSR count). The Morgan fingerprint density at radius 1 is 1.20 bits per heavy atom. The van der Waals surface area contributed by atoms with E-state index in [4.69, 9.17) is 9.47 Å². The predicted octanol–water partition coefficient (Wildman–Crippen LogP) is 3.14. The average Bonchev–Trinajstić information content (AvgIpc) is 2.62. The van der Waals surface area contributed by atoms with E-state index in [0.29, 0.717) is 18.8 Å². The van der Waals surface area contributed by atoms with Crippen molar-refractivity contribution in [3.63, 3.8) is 0 Å². The Bertz CT molecular complexity index is 682. The van der Waals surface area contributed by atoms with E-state index in [0.717, 1.165) is 0 Å². The Morgan fingerprint density at radius 3 is 2.64 bits per heavy atom. The van der Waals surface area contributed by atoms with Crippen molar-refractivity contribution >= 4 is 11.7 Å². The van der Waals surface area contributed by atoms with Gasteiger partial charge in [-0.25, -0.2) is 9.18 Å². The molecule has 0 aliphatic rings. The molecular formula is C18H21FN2O4. The molecule has 2 aromatic carbocycles. The van der Waals surface area contributed by atoms with Crippen molar-refractivity contribution in [1.29, 1.82) is 0 Å². The molecule has 0 aliphatic carbocycles. The minimum absolute atomic E-state index is 0.0766. The number of rotatable bonds is 8. The van der Waals surface area contributed by atoms with Gasteiger partial charge in [0.1, 0.15) is 11.4 Å². The van der Waals surface area contributed by atoms with Crippen molar-refractivity contribution in [3.8, 4) is 11.5 Å². The molecule has 0 spiro atoms. The van der Waals surface area contributed by atoms with E-state index in [9.17, 15) is 14.3 Å². The second-order valence-corrected chi connectivity index (χ2v) is 5.29. The Kier molecular flexibility index (Phi) is 7.18. The molecule has 6 nitrogen and oxygen atoms in total. The zero-order chi connectivity index (χ0) is 18.1. The summed E-state index contributed by atoms with van der Waals surface area (Å²) >= 11 is 0. The molecule has 0 unspecified atom stereocenters. The van der Waals surface area contributed by atoms with E-state index >= 15 is 0 Å². The van der Waals surface area contributed by atoms with Crippen LogP contribution in [0.2, 0.25) is 0 Å². The van der Waals surface area contributed by atoms with Crippen LogP contribution in [-0.4, -0.2) is 37.5 Å². The number of carbonyl (C=O) groups is 1.